The van der Waals surface area contributed by atoms with Crippen molar-refractivity contribution in [3.05, 3.63) is 84.2 Å². The molecule has 0 radical (unpaired) electrons. The number of benzene rings is 3. The van der Waals surface area contributed by atoms with Gasteiger partial charge in [0.25, 0.3) is 5.91 Å². The maximum Gasteiger partial charge on any atom is 0.416 e. The lowest BCUT2D eigenvalue weighted by molar-refractivity contribution is -0.137. The van der Waals surface area contributed by atoms with Gasteiger partial charge in [0.2, 0.25) is 0 Å². The van der Waals surface area contributed by atoms with Crippen LogP contribution in [0.4, 0.5) is 24.7 Å². The minimum Gasteiger partial charge on any atom is -0.383 e. The lowest BCUT2D eigenvalue weighted by Gasteiger charge is -2.10. The van der Waals surface area contributed by atoms with Gasteiger partial charge in [-0.3, -0.25) is 4.79 Å². The van der Waals surface area contributed by atoms with Crippen molar-refractivity contribution in [3.8, 4) is 11.1 Å². The molecule has 1 heterocycles. The molecular formula is C22H15F3N4O. The third-order valence-corrected chi connectivity index (χ3v) is 4.59. The Labute approximate surface area is 169 Å². The van der Waals surface area contributed by atoms with Crippen LogP contribution in [0.15, 0.2) is 73.1 Å². The number of anilines is 2. The van der Waals surface area contributed by atoms with Gasteiger partial charge in [-0.1, -0.05) is 18.2 Å². The maximum atomic E-state index is 12.7. The van der Waals surface area contributed by atoms with Crippen molar-refractivity contribution in [2.24, 2.45) is 0 Å². The number of carbonyl (C=O) groups excluding carboxylic acids is 1. The van der Waals surface area contributed by atoms with Crippen LogP contribution in [-0.2, 0) is 6.18 Å². The molecule has 0 atom stereocenters. The first kappa shape index (κ1) is 19.4. The van der Waals surface area contributed by atoms with Crippen molar-refractivity contribution in [1.29, 1.82) is 0 Å². The van der Waals surface area contributed by atoms with Gasteiger partial charge in [0, 0.05) is 16.6 Å². The van der Waals surface area contributed by atoms with Crippen LogP contribution in [0.3, 0.4) is 0 Å². The monoisotopic (exact) mass is 408 g/mol. The number of carbonyl (C=O) groups is 1. The summed E-state index contributed by atoms with van der Waals surface area (Å²) >= 11 is 0. The molecule has 3 N–H and O–H groups in total. The summed E-state index contributed by atoms with van der Waals surface area (Å²) in [5, 5.41) is 3.42. The largest absolute Gasteiger partial charge is 0.416 e. The first-order valence-corrected chi connectivity index (χ1v) is 8.90. The van der Waals surface area contributed by atoms with E-state index in [2.05, 4.69) is 15.3 Å². The number of rotatable bonds is 3. The highest BCUT2D eigenvalue weighted by molar-refractivity contribution is 6.04. The number of hydrogen-bond acceptors (Lipinski definition) is 4. The first-order chi connectivity index (χ1) is 14.3. The highest BCUT2D eigenvalue weighted by Gasteiger charge is 2.30. The molecule has 0 aliphatic rings. The normalized spacial score (nSPS) is 11.4. The number of amides is 1. The van der Waals surface area contributed by atoms with Gasteiger partial charge in [0.05, 0.1) is 11.1 Å². The molecule has 0 aliphatic carbocycles. The summed E-state index contributed by atoms with van der Waals surface area (Å²) in [5.74, 6) is -0.134. The maximum absolute atomic E-state index is 12.7. The van der Waals surface area contributed by atoms with Crippen molar-refractivity contribution in [3.63, 3.8) is 0 Å². The van der Waals surface area contributed by atoms with Gasteiger partial charge >= 0.3 is 6.18 Å². The number of halogens is 3. The molecule has 0 spiro atoms. The molecule has 150 valence electrons. The molecule has 1 aromatic heterocycles. The van der Waals surface area contributed by atoms with Gasteiger partial charge in [0.1, 0.15) is 12.1 Å². The molecule has 0 saturated carbocycles. The molecule has 5 nitrogen and oxygen atoms in total. The number of nitrogens with two attached hydrogens (primary N) is 1. The number of aromatic nitrogens is 2. The second-order valence-corrected chi connectivity index (χ2v) is 6.60. The molecule has 8 heteroatoms. The predicted octanol–water partition coefficient (Wildman–Crippen LogP) is 5.15. The molecule has 0 fully saturated rings. The standard InChI is InChI=1S/C22H15F3N4O/c23-22(24,25)16-7-4-13(5-8-16)21(30)29-17-3-1-2-14(10-17)15-6-9-19-18(11-15)20(26)28-12-27-19/h1-12H,(H,29,30)(H2,26,27,28). The average Bonchev–Trinajstić information content (AvgIpc) is 2.73. The summed E-state index contributed by atoms with van der Waals surface area (Å²) in [6.45, 7) is 0. The van der Waals surface area contributed by atoms with E-state index in [0.29, 0.717) is 16.9 Å². The highest BCUT2D eigenvalue weighted by atomic mass is 19.4. The van der Waals surface area contributed by atoms with E-state index in [1.165, 1.54) is 6.33 Å². The fourth-order valence-electron chi connectivity index (χ4n) is 3.05. The Kier molecular flexibility index (Phi) is 4.83. The second-order valence-electron chi connectivity index (χ2n) is 6.60. The summed E-state index contributed by atoms with van der Waals surface area (Å²) in [7, 11) is 0. The van der Waals surface area contributed by atoms with Gasteiger partial charge in [0.15, 0.2) is 0 Å². The van der Waals surface area contributed by atoms with Gasteiger partial charge in [-0.25, -0.2) is 9.97 Å². The molecule has 1 amide bonds. The summed E-state index contributed by atoms with van der Waals surface area (Å²) in [6.07, 6.45) is -3.05. The minimum atomic E-state index is -4.45. The van der Waals surface area contributed by atoms with Gasteiger partial charge < -0.3 is 11.1 Å². The highest BCUT2D eigenvalue weighted by Crippen LogP contribution is 2.30. The van der Waals surface area contributed by atoms with E-state index in [1.807, 2.05) is 24.3 Å². The molecule has 30 heavy (non-hydrogen) atoms. The van der Waals surface area contributed by atoms with E-state index in [1.54, 1.807) is 18.2 Å². The van der Waals surface area contributed by atoms with Gasteiger partial charge in [-0.2, -0.15) is 13.2 Å². The SMILES string of the molecule is Nc1ncnc2ccc(-c3cccc(NC(=O)c4ccc(C(F)(F)F)cc4)c3)cc12. The summed E-state index contributed by atoms with van der Waals surface area (Å²) < 4.78 is 38.0. The van der Waals surface area contributed by atoms with Gasteiger partial charge in [-0.05, 0) is 59.7 Å². The Morgan fingerprint density at radius 1 is 0.900 bits per heavy atom. The van der Waals surface area contributed by atoms with Crippen LogP contribution in [0.25, 0.3) is 22.0 Å². The zero-order valence-corrected chi connectivity index (χ0v) is 15.4. The molecule has 0 saturated heterocycles. The van der Waals surface area contributed by atoms with E-state index < -0.39 is 17.6 Å². The van der Waals surface area contributed by atoms with Crippen LogP contribution in [0, 0.1) is 0 Å². The minimum absolute atomic E-state index is 0.129. The fraction of sp³-hybridized carbons (Fsp3) is 0.0455. The zero-order valence-electron chi connectivity index (χ0n) is 15.4. The van der Waals surface area contributed by atoms with E-state index in [0.717, 1.165) is 40.9 Å². The van der Waals surface area contributed by atoms with Crippen LogP contribution in [0.5, 0.6) is 0 Å². The number of nitrogens with zero attached hydrogens (tertiary/aromatic N) is 2. The third kappa shape index (κ3) is 3.93. The summed E-state index contributed by atoms with van der Waals surface area (Å²) in [6, 6.07) is 16.7. The van der Waals surface area contributed by atoms with Crippen LogP contribution in [-0.4, -0.2) is 15.9 Å². The molecule has 4 aromatic rings. The van der Waals surface area contributed by atoms with E-state index in [9.17, 15) is 18.0 Å². The van der Waals surface area contributed by atoms with Crippen LogP contribution in [0.2, 0.25) is 0 Å². The van der Waals surface area contributed by atoms with Crippen molar-refractivity contribution in [2.75, 3.05) is 11.1 Å². The number of nitrogens with one attached hydrogen (secondary N) is 1. The molecule has 0 bridgehead atoms. The molecule has 4 rings (SSSR count). The Balaban J connectivity index is 1.58. The van der Waals surface area contributed by atoms with E-state index >= 15 is 0 Å². The Bertz CT molecular complexity index is 1240. The summed E-state index contributed by atoms with van der Waals surface area (Å²) in [5.41, 5.74) is 8.16. The van der Waals surface area contributed by atoms with Gasteiger partial charge in [-0.15, -0.1) is 0 Å². The number of nitrogen functional groups attached to an aromatic ring is 1. The lowest BCUT2D eigenvalue weighted by Crippen LogP contribution is -2.12. The Morgan fingerprint density at radius 3 is 2.37 bits per heavy atom. The smallest absolute Gasteiger partial charge is 0.383 e. The van der Waals surface area contributed by atoms with Crippen LogP contribution >= 0.6 is 0 Å². The van der Waals surface area contributed by atoms with Crippen LogP contribution < -0.4 is 11.1 Å². The molecular weight excluding hydrogens is 393 g/mol. The number of fused-ring (bicyclic) bond motifs is 1. The zero-order chi connectivity index (χ0) is 21.3. The van der Waals surface area contributed by atoms with E-state index in [4.69, 9.17) is 5.73 Å². The second kappa shape index (κ2) is 7.47. The molecule has 0 aliphatic heterocycles. The molecule has 3 aromatic carbocycles. The number of alkyl halides is 3. The topological polar surface area (TPSA) is 80.9 Å². The Hall–Kier alpha value is -3.94. The van der Waals surface area contributed by atoms with Crippen molar-refractivity contribution < 1.29 is 18.0 Å². The fourth-order valence-corrected chi connectivity index (χ4v) is 3.05. The average molecular weight is 408 g/mol. The third-order valence-electron chi connectivity index (χ3n) is 4.59. The number of hydrogen-bond donors (Lipinski definition) is 2. The van der Waals surface area contributed by atoms with Crippen molar-refractivity contribution in [1.82, 2.24) is 9.97 Å². The van der Waals surface area contributed by atoms with Crippen molar-refractivity contribution in [2.45, 2.75) is 6.18 Å². The molecule has 0 unspecified atom stereocenters. The Morgan fingerprint density at radius 2 is 1.63 bits per heavy atom. The van der Waals surface area contributed by atoms with Crippen LogP contribution in [0.1, 0.15) is 15.9 Å². The first-order valence-electron chi connectivity index (χ1n) is 8.90. The predicted molar refractivity (Wildman–Crippen MR) is 109 cm³/mol. The van der Waals surface area contributed by atoms with Crippen molar-refractivity contribution >= 4 is 28.3 Å². The summed E-state index contributed by atoms with van der Waals surface area (Å²) in [4.78, 5) is 20.6. The lowest BCUT2D eigenvalue weighted by atomic mass is 10.0. The van der Waals surface area contributed by atoms with E-state index in [-0.39, 0.29) is 5.56 Å². The quantitative estimate of drug-likeness (QED) is 0.491.